The number of anilines is 1. The lowest BCUT2D eigenvalue weighted by Crippen LogP contribution is -2.38. The highest BCUT2D eigenvalue weighted by molar-refractivity contribution is 5.91. The molecule has 0 aliphatic carbocycles. The van der Waals surface area contributed by atoms with Gasteiger partial charge < -0.3 is 11.1 Å². The zero-order valence-electron chi connectivity index (χ0n) is 12.6. The molecule has 0 spiro atoms. The van der Waals surface area contributed by atoms with Crippen molar-refractivity contribution in [3.8, 4) is 5.82 Å². The summed E-state index contributed by atoms with van der Waals surface area (Å²) in [5.41, 5.74) is 6.56. The Bertz CT molecular complexity index is 584. The van der Waals surface area contributed by atoms with Gasteiger partial charge in [-0.05, 0) is 23.6 Å². The summed E-state index contributed by atoms with van der Waals surface area (Å²) >= 11 is 0. The summed E-state index contributed by atoms with van der Waals surface area (Å²) in [4.78, 5) is 16.2. The maximum absolute atomic E-state index is 11.9. The quantitative estimate of drug-likeness (QED) is 0.900. The number of nitrogens with two attached hydrogens (primary N) is 1. The number of aromatic nitrogens is 3. The van der Waals surface area contributed by atoms with Gasteiger partial charge in [0.2, 0.25) is 5.91 Å². The van der Waals surface area contributed by atoms with Crippen molar-refractivity contribution in [3.63, 3.8) is 0 Å². The van der Waals surface area contributed by atoms with Crippen molar-refractivity contribution in [2.75, 3.05) is 5.32 Å². The number of carbonyl (C=O) groups is 1. The van der Waals surface area contributed by atoms with Crippen molar-refractivity contribution in [2.45, 2.75) is 33.2 Å². The molecule has 2 rings (SSSR count). The van der Waals surface area contributed by atoms with Crippen LogP contribution in [0.5, 0.6) is 0 Å². The van der Waals surface area contributed by atoms with Gasteiger partial charge in [-0.15, -0.1) is 0 Å². The predicted molar refractivity (Wildman–Crippen MR) is 82.0 cm³/mol. The Morgan fingerprint density at radius 2 is 2.19 bits per heavy atom. The smallest absolute Gasteiger partial charge is 0.225 e. The second kappa shape index (κ2) is 6.05. The zero-order chi connectivity index (χ0) is 15.5. The molecule has 21 heavy (non-hydrogen) atoms. The lowest BCUT2D eigenvalue weighted by atomic mass is 9.85. The summed E-state index contributed by atoms with van der Waals surface area (Å²) in [6.07, 6.45) is 5.39. The van der Waals surface area contributed by atoms with Crippen molar-refractivity contribution < 1.29 is 4.79 Å². The van der Waals surface area contributed by atoms with Gasteiger partial charge in [0.15, 0.2) is 5.82 Å². The number of carbonyl (C=O) groups excluding carboxylic acids is 1. The monoisotopic (exact) mass is 287 g/mol. The Labute approximate surface area is 124 Å². The van der Waals surface area contributed by atoms with Crippen LogP contribution in [-0.2, 0) is 4.79 Å². The van der Waals surface area contributed by atoms with Crippen molar-refractivity contribution in [3.05, 3.63) is 36.8 Å². The van der Waals surface area contributed by atoms with E-state index in [1.54, 1.807) is 29.2 Å². The van der Waals surface area contributed by atoms with Crippen molar-refractivity contribution in [2.24, 2.45) is 11.1 Å². The first-order valence-corrected chi connectivity index (χ1v) is 6.88. The van der Waals surface area contributed by atoms with Crippen molar-refractivity contribution in [1.82, 2.24) is 14.8 Å². The largest absolute Gasteiger partial charge is 0.327 e. The second-order valence-electron chi connectivity index (χ2n) is 6.08. The van der Waals surface area contributed by atoms with Gasteiger partial charge in [0, 0.05) is 24.9 Å². The maximum Gasteiger partial charge on any atom is 0.225 e. The molecule has 1 unspecified atom stereocenters. The number of rotatable bonds is 4. The van der Waals surface area contributed by atoms with Gasteiger partial charge in [-0.25, -0.2) is 9.67 Å². The fourth-order valence-electron chi connectivity index (χ4n) is 1.72. The van der Waals surface area contributed by atoms with Gasteiger partial charge in [0.25, 0.3) is 0 Å². The van der Waals surface area contributed by atoms with Crippen LogP contribution in [0, 0.1) is 5.41 Å². The zero-order valence-corrected chi connectivity index (χ0v) is 12.6. The molecule has 0 fully saturated rings. The number of hydrogen-bond acceptors (Lipinski definition) is 4. The minimum atomic E-state index is -0.186. The third-order valence-corrected chi connectivity index (χ3v) is 3.29. The summed E-state index contributed by atoms with van der Waals surface area (Å²) in [6.45, 7) is 6.06. The number of amides is 1. The van der Waals surface area contributed by atoms with E-state index in [9.17, 15) is 4.79 Å². The number of hydrogen-bond donors (Lipinski definition) is 2. The molecule has 6 heteroatoms. The van der Waals surface area contributed by atoms with Gasteiger partial charge in [-0.2, -0.15) is 5.10 Å². The van der Waals surface area contributed by atoms with E-state index in [0.717, 1.165) is 0 Å². The first kappa shape index (κ1) is 15.2. The highest BCUT2D eigenvalue weighted by Gasteiger charge is 2.23. The van der Waals surface area contributed by atoms with Gasteiger partial charge in [-0.1, -0.05) is 20.8 Å². The average Bonchev–Trinajstić information content (AvgIpc) is 2.92. The minimum Gasteiger partial charge on any atom is -0.327 e. The Morgan fingerprint density at radius 1 is 1.43 bits per heavy atom. The van der Waals surface area contributed by atoms with E-state index in [4.69, 9.17) is 5.73 Å². The molecular formula is C15H21N5O. The van der Waals surface area contributed by atoms with Gasteiger partial charge in [0.1, 0.15) is 0 Å². The van der Waals surface area contributed by atoms with E-state index < -0.39 is 0 Å². The minimum absolute atomic E-state index is 0.0977. The van der Waals surface area contributed by atoms with Gasteiger partial charge in [-0.3, -0.25) is 4.79 Å². The molecule has 2 heterocycles. The number of pyridine rings is 1. The molecular weight excluding hydrogens is 266 g/mol. The van der Waals surface area contributed by atoms with Crippen LogP contribution in [0.3, 0.4) is 0 Å². The Kier molecular flexibility index (Phi) is 4.37. The van der Waals surface area contributed by atoms with Crippen LogP contribution in [0.4, 0.5) is 5.69 Å². The summed E-state index contributed by atoms with van der Waals surface area (Å²) in [7, 11) is 0. The van der Waals surface area contributed by atoms with E-state index in [0.29, 0.717) is 11.5 Å². The fourth-order valence-corrected chi connectivity index (χ4v) is 1.72. The third kappa shape index (κ3) is 4.13. The standard InChI is InChI=1S/C15H21N5O/c1-15(2,3)12(16)9-14(21)19-11-5-6-13(17-10-11)20-8-4-7-18-20/h4-8,10,12H,9,16H2,1-3H3,(H,19,21). The van der Waals surface area contributed by atoms with E-state index >= 15 is 0 Å². The molecule has 0 saturated heterocycles. The first-order valence-electron chi connectivity index (χ1n) is 6.88. The maximum atomic E-state index is 11.9. The molecule has 0 aliphatic rings. The molecule has 2 aromatic rings. The summed E-state index contributed by atoms with van der Waals surface area (Å²) in [5, 5.41) is 6.90. The topological polar surface area (TPSA) is 85.8 Å². The highest BCUT2D eigenvalue weighted by Crippen LogP contribution is 2.20. The Hall–Kier alpha value is -2.21. The summed E-state index contributed by atoms with van der Waals surface area (Å²) in [5.74, 6) is 0.593. The molecule has 0 bridgehead atoms. The molecule has 0 radical (unpaired) electrons. The normalized spacial score (nSPS) is 13.0. The van der Waals surface area contributed by atoms with Gasteiger partial charge in [0.05, 0.1) is 11.9 Å². The molecule has 112 valence electrons. The van der Waals surface area contributed by atoms with Crippen LogP contribution in [-0.4, -0.2) is 26.7 Å². The molecule has 6 nitrogen and oxygen atoms in total. The molecule has 0 saturated carbocycles. The van der Waals surface area contributed by atoms with Gasteiger partial charge >= 0.3 is 0 Å². The van der Waals surface area contributed by atoms with Crippen molar-refractivity contribution >= 4 is 11.6 Å². The van der Waals surface area contributed by atoms with Crippen molar-refractivity contribution in [1.29, 1.82) is 0 Å². The summed E-state index contributed by atoms with van der Waals surface area (Å²) in [6, 6.07) is 5.23. The van der Waals surface area contributed by atoms with E-state index in [1.165, 1.54) is 0 Å². The van der Waals surface area contributed by atoms with Crippen LogP contribution in [0.1, 0.15) is 27.2 Å². The van der Waals surface area contributed by atoms with Crippen LogP contribution < -0.4 is 11.1 Å². The number of nitrogens with one attached hydrogen (secondary N) is 1. The van der Waals surface area contributed by atoms with Crippen LogP contribution in [0.15, 0.2) is 36.8 Å². The number of nitrogens with zero attached hydrogens (tertiary/aromatic N) is 3. The van der Waals surface area contributed by atoms with Crippen LogP contribution in [0.25, 0.3) is 5.82 Å². The first-order chi connectivity index (χ1) is 9.86. The fraction of sp³-hybridized carbons (Fsp3) is 0.400. The Balaban J connectivity index is 1.96. The Morgan fingerprint density at radius 3 is 2.71 bits per heavy atom. The molecule has 1 atom stereocenters. The SMILES string of the molecule is CC(C)(C)C(N)CC(=O)Nc1ccc(-n2cccn2)nc1. The second-order valence-corrected chi connectivity index (χ2v) is 6.08. The molecule has 0 aromatic carbocycles. The predicted octanol–water partition coefficient (Wildman–Crippen LogP) is 1.97. The van der Waals surface area contributed by atoms with E-state index in [2.05, 4.69) is 15.4 Å². The van der Waals surface area contributed by atoms with Crippen LogP contribution in [0.2, 0.25) is 0 Å². The third-order valence-electron chi connectivity index (χ3n) is 3.29. The average molecular weight is 287 g/mol. The van der Waals surface area contributed by atoms with E-state index in [-0.39, 0.29) is 23.8 Å². The lowest BCUT2D eigenvalue weighted by Gasteiger charge is -2.26. The van der Waals surface area contributed by atoms with Crippen LogP contribution >= 0.6 is 0 Å². The lowest BCUT2D eigenvalue weighted by molar-refractivity contribution is -0.117. The molecule has 1 amide bonds. The van der Waals surface area contributed by atoms with E-state index in [1.807, 2.05) is 33.0 Å². The molecule has 2 aromatic heterocycles. The highest BCUT2D eigenvalue weighted by atomic mass is 16.1. The molecule has 0 aliphatic heterocycles. The summed E-state index contributed by atoms with van der Waals surface area (Å²) < 4.78 is 1.65. The molecule has 3 N–H and O–H groups in total.